The first-order valence-electron chi connectivity index (χ1n) is 6.92. The van der Waals surface area contributed by atoms with Crippen molar-refractivity contribution in [2.24, 2.45) is 5.10 Å². The Labute approximate surface area is 138 Å². The maximum atomic E-state index is 12.7. The molecule has 0 spiro atoms. The minimum absolute atomic E-state index is 0.111. The Morgan fingerprint density at radius 1 is 1.04 bits per heavy atom. The average Bonchev–Trinajstić information content (AvgIpc) is 2.42. The number of nitrogens with one attached hydrogen (secondary N) is 1. The number of alkyl halides is 3. The Morgan fingerprint density at radius 3 is 2.22 bits per heavy atom. The first-order chi connectivity index (χ1) is 10.7. The van der Waals surface area contributed by atoms with E-state index in [-0.39, 0.29) is 10.7 Å². The average molecular weight is 341 g/mol. The van der Waals surface area contributed by atoms with Gasteiger partial charge in [-0.3, -0.25) is 5.43 Å². The summed E-state index contributed by atoms with van der Waals surface area (Å²) < 4.78 is 38.2. The third kappa shape index (κ3) is 4.26. The highest BCUT2D eigenvalue weighted by molar-refractivity contribution is 6.33. The van der Waals surface area contributed by atoms with Crippen molar-refractivity contribution in [2.75, 3.05) is 5.43 Å². The van der Waals surface area contributed by atoms with Crippen LogP contribution in [0.4, 0.5) is 18.9 Å². The number of anilines is 1. The fraction of sp³-hybridized carbons (Fsp3) is 0.235. The number of hydrazone groups is 1. The lowest BCUT2D eigenvalue weighted by Gasteiger charge is -2.10. The van der Waals surface area contributed by atoms with Gasteiger partial charge in [-0.1, -0.05) is 29.3 Å². The summed E-state index contributed by atoms with van der Waals surface area (Å²) in [6, 6.07) is 7.11. The number of hydrogen-bond donors (Lipinski definition) is 1. The minimum Gasteiger partial charge on any atom is -0.277 e. The highest BCUT2D eigenvalue weighted by Crippen LogP contribution is 2.33. The second kappa shape index (κ2) is 6.62. The molecule has 2 nitrogen and oxygen atoms in total. The van der Waals surface area contributed by atoms with Gasteiger partial charge in [0.15, 0.2) is 0 Å². The van der Waals surface area contributed by atoms with E-state index in [0.717, 1.165) is 34.4 Å². The Kier molecular flexibility index (Phi) is 5.00. The van der Waals surface area contributed by atoms with E-state index in [2.05, 4.69) is 10.5 Å². The van der Waals surface area contributed by atoms with Crippen LogP contribution in [0.3, 0.4) is 0 Å². The van der Waals surface area contributed by atoms with Crippen LogP contribution >= 0.6 is 11.6 Å². The summed E-state index contributed by atoms with van der Waals surface area (Å²) in [5.41, 5.74) is 6.07. The molecule has 2 aromatic carbocycles. The Hall–Kier alpha value is -2.01. The zero-order valence-electron chi connectivity index (χ0n) is 12.9. The molecule has 122 valence electrons. The molecular weight excluding hydrogens is 325 g/mol. The Morgan fingerprint density at radius 2 is 1.65 bits per heavy atom. The zero-order chi connectivity index (χ0) is 17.2. The molecule has 0 saturated heterocycles. The first kappa shape index (κ1) is 17.3. The van der Waals surface area contributed by atoms with Crippen molar-refractivity contribution in [3.8, 4) is 0 Å². The van der Waals surface area contributed by atoms with Crippen LogP contribution in [-0.2, 0) is 6.18 Å². The zero-order valence-corrected chi connectivity index (χ0v) is 13.7. The van der Waals surface area contributed by atoms with Crippen molar-refractivity contribution in [2.45, 2.75) is 26.9 Å². The fourth-order valence-electron chi connectivity index (χ4n) is 2.35. The van der Waals surface area contributed by atoms with E-state index in [9.17, 15) is 13.2 Å². The van der Waals surface area contributed by atoms with Gasteiger partial charge in [0.25, 0.3) is 0 Å². The molecule has 6 heteroatoms. The second-order valence-corrected chi connectivity index (χ2v) is 5.78. The van der Waals surface area contributed by atoms with Gasteiger partial charge >= 0.3 is 6.18 Å². The number of nitrogens with zero attached hydrogens (tertiary/aromatic N) is 1. The molecule has 0 saturated carbocycles. The van der Waals surface area contributed by atoms with Crippen molar-refractivity contribution >= 4 is 23.5 Å². The van der Waals surface area contributed by atoms with Crippen LogP contribution in [0.5, 0.6) is 0 Å². The van der Waals surface area contributed by atoms with E-state index in [1.54, 1.807) is 6.21 Å². The molecule has 0 bridgehead atoms. The molecule has 0 heterocycles. The number of rotatable bonds is 3. The van der Waals surface area contributed by atoms with Crippen LogP contribution < -0.4 is 5.43 Å². The molecule has 0 aliphatic rings. The summed E-state index contributed by atoms with van der Waals surface area (Å²) in [6.45, 7) is 5.92. The van der Waals surface area contributed by atoms with E-state index in [1.807, 2.05) is 32.9 Å². The van der Waals surface area contributed by atoms with Gasteiger partial charge in [0, 0.05) is 5.56 Å². The second-order valence-electron chi connectivity index (χ2n) is 5.37. The van der Waals surface area contributed by atoms with Gasteiger partial charge in [-0.25, -0.2) is 0 Å². The number of hydrogen-bond acceptors (Lipinski definition) is 2. The monoisotopic (exact) mass is 340 g/mol. The molecule has 0 atom stereocenters. The molecule has 0 amide bonds. The third-order valence-electron chi connectivity index (χ3n) is 3.41. The summed E-state index contributed by atoms with van der Waals surface area (Å²) in [7, 11) is 0. The maximum Gasteiger partial charge on any atom is 0.416 e. The molecule has 0 radical (unpaired) electrons. The predicted molar refractivity (Wildman–Crippen MR) is 88.3 cm³/mol. The standard InChI is InChI=1S/C17H16ClF3N2/c1-10-6-11(2)14(12(3)7-10)9-22-23-16-8-13(17(19,20)21)4-5-15(16)18/h4-9,23H,1-3H3/b22-9+. The van der Waals surface area contributed by atoms with Crippen LogP contribution in [-0.4, -0.2) is 6.21 Å². The van der Waals surface area contributed by atoms with E-state index >= 15 is 0 Å². The van der Waals surface area contributed by atoms with Crippen LogP contribution in [0.2, 0.25) is 5.02 Å². The molecule has 1 N–H and O–H groups in total. The summed E-state index contributed by atoms with van der Waals surface area (Å²) in [5, 5.41) is 4.19. The Balaban J connectivity index is 2.24. The van der Waals surface area contributed by atoms with Crippen molar-refractivity contribution in [1.82, 2.24) is 0 Å². The summed E-state index contributed by atoms with van der Waals surface area (Å²) in [4.78, 5) is 0. The first-order valence-corrected chi connectivity index (χ1v) is 7.30. The largest absolute Gasteiger partial charge is 0.416 e. The van der Waals surface area contributed by atoms with Gasteiger partial charge in [0.1, 0.15) is 0 Å². The molecule has 0 fully saturated rings. The van der Waals surface area contributed by atoms with Crippen molar-refractivity contribution in [1.29, 1.82) is 0 Å². The van der Waals surface area contributed by atoms with Gasteiger partial charge in [-0.2, -0.15) is 18.3 Å². The normalized spacial score (nSPS) is 12.0. The van der Waals surface area contributed by atoms with Crippen molar-refractivity contribution < 1.29 is 13.2 Å². The Bertz CT molecular complexity index is 729. The molecule has 0 aliphatic carbocycles. The molecule has 0 aliphatic heterocycles. The predicted octanol–water partition coefficient (Wildman–Crippen LogP) is 5.73. The van der Waals surface area contributed by atoms with E-state index in [0.29, 0.717) is 0 Å². The molecule has 2 rings (SSSR count). The van der Waals surface area contributed by atoms with E-state index < -0.39 is 11.7 Å². The summed E-state index contributed by atoms with van der Waals surface area (Å²) in [5.74, 6) is 0. The third-order valence-corrected chi connectivity index (χ3v) is 3.74. The van der Waals surface area contributed by atoms with Crippen LogP contribution in [0, 0.1) is 20.8 Å². The molecule has 0 aromatic heterocycles. The van der Waals surface area contributed by atoms with Gasteiger partial charge in [0.2, 0.25) is 0 Å². The van der Waals surface area contributed by atoms with Crippen molar-refractivity contribution in [3.05, 3.63) is 63.2 Å². The highest BCUT2D eigenvalue weighted by atomic mass is 35.5. The lowest BCUT2D eigenvalue weighted by molar-refractivity contribution is -0.137. The molecular formula is C17H16ClF3N2. The van der Waals surface area contributed by atoms with Gasteiger partial charge in [-0.15, -0.1) is 0 Å². The van der Waals surface area contributed by atoms with Crippen molar-refractivity contribution in [3.63, 3.8) is 0 Å². The van der Waals surface area contributed by atoms with Crippen LogP contribution in [0.25, 0.3) is 0 Å². The van der Waals surface area contributed by atoms with Crippen LogP contribution in [0.15, 0.2) is 35.4 Å². The topological polar surface area (TPSA) is 24.4 Å². The summed E-state index contributed by atoms with van der Waals surface area (Å²) in [6.07, 6.45) is -2.84. The summed E-state index contributed by atoms with van der Waals surface area (Å²) >= 11 is 5.91. The lowest BCUT2D eigenvalue weighted by Crippen LogP contribution is -2.05. The number of benzene rings is 2. The highest BCUT2D eigenvalue weighted by Gasteiger charge is 2.30. The lowest BCUT2D eigenvalue weighted by atomic mass is 10.0. The van der Waals surface area contributed by atoms with Gasteiger partial charge in [0.05, 0.1) is 22.5 Å². The van der Waals surface area contributed by atoms with E-state index in [4.69, 9.17) is 11.6 Å². The van der Waals surface area contributed by atoms with Gasteiger partial charge < -0.3 is 0 Å². The molecule has 2 aromatic rings. The number of aryl methyl sites for hydroxylation is 3. The molecule has 0 unspecified atom stereocenters. The maximum absolute atomic E-state index is 12.7. The SMILES string of the molecule is Cc1cc(C)c(/C=N/Nc2cc(C(F)(F)F)ccc2Cl)c(C)c1. The van der Waals surface area contributed by atoms with Crippen LogP contribution in [0.1, 0.15) is 27.8 Å². The minimum atomic E-state index is -4.42. The number of halogens is 4. The van der Waals surface area contributed by atoms with Gasteiger partial charge in [-0.05, 0) is 50.1 Å². The van der Waals surface area contributed by atoms with E-state index in [1.165, 1.54) is 6.07 Å². The fourth-order valence-corrected chi connectivity index (χ4v) is 2.51. The smallest absolute Gasteiger partial charge is 0.277 e. The quantitative estimate of drug-likeness (QED) is 0.560. The molecule has 23 heavy (non-hydrogen) atoms.